The van der Waals surface area contributed by atoms with Gasteiger partial charge in [0.25, 0.3) is 0 Å². The summed E-state index contributed by atoms with van der Waals surface area (Å²) in [6, 6.07) is 7.97. The van der Waals surface area contributed by atoms with Crippen molar-refractivity contribution >= 4 is 11.0 Å². The number of para-hydroxylation sites is 1. The first-order valence-corrected chi connectivity index (χ1v) is 5.77. The monoisotopic (exact) mass is 217 g/mol. The Hall–Kier alpha value is -1.48. The first-order chi connectivity index (χ1) is 7.93. The van der Waals surface area contributed by atoms with E-state index in [1.165, 1.54) is 6.42 Å². The molecule has 0 bridgehead atoms. The molecule has 1 saturated heterocycles. The standard InChI is InChI=1S/C13H15NO2/c1-2-6-12-11(5-1)13(9-15-12)16-10-4-3-7-14-8-10/h1-2,5-6,9-10,14H,3-4,7-8H2. The molecule has 16 heavy (non-hydrogen) atoms. The lowest BCUT2D eigenvalue weighted by Gasteiger charge is -2.23. The number of piperidine rings is 1. The Labute approximate surface area is 94.4 Å². The largest absolute Gasteiger partial charge is 0.485 e. The third-order valence-corrected chi connectivity index (χ3v) is 2.99. The minimum absolute atomic E-state index is 0.273. The van der Waals surface area contributed by atoms with Crippen molar-refractivity contribution < 1.29 is 9.15 Å². The molecule has 3 rings (SSSR count). The minimum atomic E-state index is 0.273. The van der Waals surface area contributed by atoms with Gasteiger partial charge in [-0.25, -0.2) is 0 Å². The minimum Gasteiger partial charge on any atom is -0.485 e. The van der Waals surface area contributed by atoms with E-state index in [2.05, 4.69) is 5.32 Å². The van der Waals surface area contributed by atoms with E-state index in [1.54, 1.807) is 6.26 Å². The molecular weight excluding hydrogens is 202 g/mol. The average Bonchev–Trinajstić information content (AvgIpc) is 2.74. The van der Waals surface area contributed by atoms with Crippen LogP contribution in [0.4, 0.5) is 0 Å². The molecule has 1 aromatic carbocycles. The number of hydrogen-bond donors (Lipinski definition) is 1. The second kappa shape index (κ2) is 4.18. The number of hydrogen-bond acceptors (Lipinski definition) is 3. The second-order valence-corrected chi connectivity index (χ2v) is 4.18. The van der Waals surface area contributed by atoms with Crippen molar-refractivity contribution in [2.45, 2.75) is 18.9 Å². The molecule has 1 aliphatic rings. The normalized spacial score (nSPS) is 21.1. The lowest BCUT2D eigenvalue weighted by molar-refractivity contribution is 0.167. The topological polar surface area (TPSA) is 34.4 Å². The predicted molar refractivity (Wildman–Crippen MR) is 62.7 cm³/mol. The van der Waals surface area contributed by atoms with E-state index in [0.29, 0.717) is 0 Å². The first-order valence-electron chi connectivity index (χ1n) is 5.77. The van der Waals surface area contributed by atoms with Crippen LogP contribution < -0.4 is 10.1 Å². The van der Waals surface area contributed by atoms with Crippen molar-refractivity contribution in [2.24, 2.45) is 0 Å². The molecule has 0 saturated carbocycles. The highest BCUT2D eigenvalue weighted by molar-refractivity contribution is 5.83. The third kappa shape index (κ3) is 1.78. The van der Waals surface area contributed by atoms with Crippen LogP contribution in [0.25, 0.3) is 11.0 Å². The maximum absolute atomic E-state index is 5.95. The van der Waals surface area contributed by atoms with Gasteiger partial charge in [-0.2, -0.15) is 0 Å². The molecule has 0 spiro atoms. The van der Waals surface area contributed by atoms with Crippen LogP contribution in [0, 0.1) is 0 Å². The Bertz CT molecular complexity index is 471. The molecule has 0 aliphatic carbocycles. The van der Waals surface area contributed by atoms with E-state index >= 15 is 0 Å². The fraction of sp³-hybridized carbons (Fsp3) is 0.385. The second-order valence-electron chi connectivity index (χ2n) is 4.18. The zero-order valence-electron chi connectivity index (χ0n) is 9.11. The van der Waals surface area contributed by atoms with Gasteiger partial charge in [0.15, 0.2) is 5.75 Å². The average molecular weight is 217 g/mol. The maximum Gasteiger partial charge on any atom is 0.165 e. The molecule has 1 fully saturated rings. The summed E-state index contributed by atoms with van der Waals surface area (Å²) in [6.45, 7) is 2.03. The SMILES string of the molecule is c1ccc2c(OC3CCCNC3)coc2c1. The van der Waals surface area contributed by atoms with Crippen molar-refractivity contribution in [1.82, 2.24) is 5.32 Å². The van der Waals surface area contributed by atoms with Gasteiger partial charge in [-0.3, -0.25) is 0 Å². The van der Waals surface area contributed by atoms with Crippen LogP contribution in [0.5, 0.6) is 5.75 Å². The summed E-state index contributed by atoms with van der Waals surface area (Å²) < 4.78 is 11.4. The molecule has 1 aromatic heterocycles. The molecule has 2 aromatic rings. The summed E-state index contributed by atoms with van der Waals surface area (Å²) in [5.41, 5.74) is 0.890. The molecular formula is C13H15NO2. The molecule has 0 amide bonds. The van der Waals surface area contributed by atoms with Crippen LogP contribution in [0.1, 0.15) is 12.8 Å². The highest BCUT2D eigenvalue weighted by Gasteiger charge is 2.16. The van der Waals surface area contributed by atoms with Gasteiger partial charge in [-0.1, -0.05) is 12.1 Å². The van der Waals surface area contributed by atoms with Gasteiger partial charge in [0.05, 0.1) is 5.39 Å². The van der Waals surface area contributed by atoms with Gasteiger partial charge in [0.1, 0.15) is 18.0 Å². The molecule has 84 valence electrons. The number of benzene rings is 1. The first kappa shape index (κ1) is 9.73. The summed E-state index contributed by atoms with van der Waals surface area (Å²) >= 11 is 0. The van der Waals surface area contributed by atoms with Gasteiger partial charge >= 0.3 is 0 Å². The molecule has 0 radical (unpaired) electrons. The highest BCUT2D eigenvalue weighted by atomic mass is 16.5. The van der Waals surface area contributed by atoms with E-state index < -0.39 is 0 Å². The number of furan rings is 1. The van der Waals surface area contributed by atoms with Crippen LogP contribution in [0.3, 0.4) is 0 Å². The van der Waals surface area contributed by atoms with Crippen LogP contribution in [0.2, 0.25) is 0 Å². The van der Waals surface area contributed by atoms with Crippen LogP contribution >= 0.6 is 0 Å². The van der Waals surface area contributed by atoms with E-state index in [1.807, 2.05) is 24.3 Å². The Morgan fingerprint density at radius 1 is 1.31 bits per heavy atom. The lowest BCUT2D eigenvalue weighted by atomic mass is 10.1. The van der Waals surface area contributed by atoms with Crippen molar-refractivity contribution in [2.75, 3.05) is 13.1 Å². The van der Waals surface area contributed by atoms with Gasteiger partial charge in [0, 0.05) is 6.54 Å². The molecule has 1 atom stereocenters. The molecule has 1 aliphatic heterocycles. The summed E-state index contributed by atoms with van der Waals surface area (Å²) in [7, 11) is 0. The molecule has 1 N–H and O–H groups in total. The number of fused-ring (bicyclic) bond motifs is 1. The van der Waals surface area contributed by atoms with Crippen LogP contribution in [-0.4, -0.2) is 19.2 Å². The van der Waals surface area contributed by atoms with Crippen LogP contribution in [0.15, 0.2) is 34.9 Å². The fourth-order valence-electron chi connectivity index (χ4n) is 2.14. The summed E-state index contributed by atoms with van der Waals surface area (Å²) in [5, 5.41) is 4.40. The Morgan fingerprint density at radius 2 is 2.25 bits per heavy atom. The van der Waals surface area contributed by atoms with E-state index in [0.717, 1.165) is 36.2 Å². The third-order valence-electron chi connectivity index (χ3n) is 2.99. The Balaban J connectivity index is 1.83. The van der Waals surface area contributed by atoms with Gasteiger partial charge < -0.3 is 14.5 Å². The predicted octanol–water partition coefficient (Wildman–Crippen LogP) is 2.56. The molecule has 1 unspecified atom stereocenters. The van der Waals surface area contributed by atoms with Crippen molar-refractivity contribution in [3.05, 3.63) is 30.5 Å². The van der Waals surface area contributed by atoms with Crippen LogP contribution in [-0.2, 0) is 0 Å². The van der Waals surface area contributed by atoms with Crippen molar-refractivity contribution in [3.63, 3.8) is 0 Å². The number of nitrogens with one attached hydrogen (secondary N) is 1. The smallest absolute Gasteiger partial charge is 0.165 e. The van der Waals surface area contributed by atoms with Crippen molar-refractivity contribution in [1.29, 1.82) is 0 Å². The molecule has 3 nitrogen and oxygen atoms in total. The van der Waals surface area contributed by atoms with E-state index in [4.69, 9.17) is 9.15 Å². The van der Waals surface area contributed by atoms with Gasteiger partial charge in [-0.05, 0) is 31.5 Å². The zero-order chi connectivity index (χ0) is 10.8. The molecule has 2 heterocycles. The summed E-state index contributed by atoms with van der Waals surface area (Å²) in [4.78, 5) is 0. The maximum atomic E-state index is 5.95. The quantitative estimate of drug-likeness (QED) is 0.839. The Kier molecular flexibility index (Phi) is 2.54. The number of ether oxygens (including phenoxy) is 1. The zero-order valence-corrected chi connectivity index (χ0v) is 9.11. The van der Waals surface area contributed by atoms with E-state index in [-0.39, 0.29) is 6.10 Å². The van der Waals surface area contributed by atoms with Gasteiger partial charge in [0.2, 0.25) is 0 Å². The summed E-state index contributed by atoms with van der Waals surface area (Å²) in [6.07, 6.45) is 4.28. The van der Waals surface area contributed by atoms with E-state index in [9.17, 15) is 0 Å². The number of rotatable bonds is 2. The Morgan fingerprint density at radius 3 is 3.12 bits per heavy atom. The fourth-order valence-corrected chi connectivity index (χ4v) is 2.14. The lowest BCUT2D eigenvalue weighted by Crippen LogP contribution is -2.37. The molecule has 3 heteroatoms. The summed E-state index contributed by atoms with van der Waals surface area (Å²) in [5.74, 6) is 0.865. The van der Waals surface area contributed by atoms with Gasteiger partial charge in [-0.15, -0.1) is 0 Å². The highest BCUT2D eigenvalue weighted by Crippen LogP contribution is 2.29. The van der Waals surface area contributed by atoms with Crippen molar-refractivity contribution in [3.8, 4) is 5.75 Å².